The molecule has 1 unspecified atom stereocenters. The van der Waals surface area contributed by atoms with Crippen LogP contribution in [0, 0.1) is 6.92 Å². The fourth-order valence-electron chi connectivity index (χ4n) is 3.24. The number of phenolic OH excluding ortho intramolecular Hbond substituents is 2. The Morgan fingerprint density at radius 1 is 1.22 bits per heavy atom. The highest BCUT2D eigenvalue weighted by Crippen LogP contribution is 2.44. The summed E-state index contributed by atoms with van der Waals surface area (Å²) in [6, 6.07) is 10.2. The second-order valence-corrected chi connectivity index (χ2v) is 6.58. The molecule has 1 atom stereocenters. The normalized spacial score (nSPS) is 17.0. The van der Waals surface area contributed by atoms with Gasteiger partial charge >= 0.3 is 0 Å². The van der Waals surface area contributed by atoms with Gasteiger partial charge in [0.25, 0.3) is 0 Å². The number of rotatable bonds is 2. The maximum atomic E-state index is 10.2. The number of aryl methyl sites for hydroxylation is 1. The molecule has 0 aliphatic carbocycles. The summed E-state index contributed by atoms with van der Waals surface area (Å²) in [4.78, 5) is 0.802. The van der Waals surface area contributed by atoms with E-state index in [-0.39, 0.29) is 34.4 Å². The first kappa shape index (κ1) is 18.2. The first-order chi connectivity index (χ1) is 10.6. The van der Waals surface area contributed by atoms with Crippen LogP contribution in [0.4, 0.5) is 0 Å². The Labute approximate surface area is 151 Å². The number of nitrogens with one attached hydrogen (secondary N) is 1. The van der Waals surface area contributed by atoms with Gasteiger partial charge in [-0.05, 0) is 48.9 Å². The van der Waals surface area contributed by atoms with Crippen molar-refractivity contribution in [2.45, 2.75) is 24.2 Å². The molecule has 0 amide bonds. The van der Waals surface area contributed by atoms with E-state index < -0.39 is 0 Å². The average Bonchev–Trinajstić information content (AvgIpc) is 2.71. The molecular formula is C18H22BrNO2S. The van der Waals surface area contributed by atoms with E-state index in [0.29, 0.717) is 0 Å². The van der Waals surface area contributed by atoms with Crippen molar-refractivity contribution < 1.29 is 10.2 Å². The van der Waals surface area contributed by atoms with Crippen molar-refractivity contribution in [3.63, 3.8) is 0 Å². The fraction of sp³-hybridized carbons (Fsp3) is 0.333. The molecule has 0 saturated carbocycles. The molecule has 23 heavy (non-hydrogen) atoms. The molecule has 1 aliphatic rings. The third-order valence-corrected chi connectivity index (χ3v) is 5.14. The molecule has 3 rings (SSSR count). The van der Waals surface area contributed by atoms with Crippen LogP contribution >= 0.6 is 28.7 Å². The molecule has 5 heteroatoms. The lowest BCUT2D eigenvalue weighted by atomic mass is 9.87. The van der Waals surface area contributed by atoms with E-state index in [0.717, 1.165) is 35.5 Å². The average molecular weight is 396 g/mol. The number of hydrogen-bond acceptors (Lipinski definition) is 4. The zero-order valence-corrected chi connectivity index (χ0v) is 15.8. The van der Waals surface area contributed by atoms with Crippen LogP contribution < -0.4 is 5.32 Å². The zero-order valence-electron chi connectivity index (χ0n) is 13.3. The third-order valence-electron chi connectivity index (χ3n) is 4.30. The van der Waals surface area contributed by atoms with E-state index >= 15 is 0 Å². The molecule has 3 N–H and O–H groups in total. The number of hydrogen-bond donors (Lipinski definition) is 3. The van der Waals surface area contributed by atoms with Crippen molar-refractivity contribution in [3.05, 3.63) is 52.6 Å². The van der Waals surface area contributed by atoms with Gasteiger partial charge in [0, 0.05) is 12.5 Å². The van der Waals surface area contributed by atoms with Gasteiger partial charge in [-0.2, -0.15) is 0 Å². The molecule has 0 aromatic heterocycles. The third kappa shape index (κ3) is 3.52. The molecule has 3 nitrogen and oxygen atoms in total. The Balaban J connectivity index is 0.00000192. The largest absolute Gasteiger partial charge is 0.504 e. The topological polar surface area (TPSA) is 52.5 Å². The van der Waals surface area contributed by atoms with E-state index in [2.05, 4.69) is 36.5 Å². The van der Waals surface area contributed by atoms with Crippen LogP contribution in [0.1, 0.15) is 28.2 Å². The SMILES string of the molecule is Br.CSc1c(O)c(O)cc2c1CCNCC2c1cccc(C)c1. The van der Waals surface area contributed by atoms with Gasteiger partial charge in [0.15, 0.2) is 11.5 Å². The minimum Gasteiger partial charge on any atom is -0.504 e. The summed E-state index contributed by atoms with van der Waals surface area (Å²) in [5.74, 6) is 0.175. The summed E-state index contributed by atoms with van der Waals surface area (Å²) < 4.78 is 0. The van der Waals surface area contributed by atoms with Crippen molar-refractivity contribution in [2.75, 3.05) is 19.3 Å². The molecule has 0 spiro atoms. The fourth-order valence-corrected chi connectivity index (χ4v) is 4.00. The molecule has 0 bridgehead atoms. The summed E-state index contributed by atoms with van der Waals surface area (Å²) in [5, 5.41) is 23.7. The maximum absolute atomic E-state index is 10.2. The first-order valence-electron chi connectivity index (χ1n) is 7.50. The van der Waals surface area contributed by atoms with Crippen LogP contribution in [0.3, 0.4) is 0 Å². The Bertz CT molecular complexity index is 706. The molecule has 1 aliphatic heterocycles. The maximum Gasteiger partial charge on any atom is 0.171 e. The van der Waals surface area contributed by atoms with Gasteiger partial charge in [-0.15, -0.1) is 28.7 Å². The van der Waals surface area contributed by atoms with Crippen molar-refractivity contribution in [1.82, 2.24) is 5.32 Å². The van der Waals surface area contributed by atoms with Gasteiger partial charge in [0.1, 0.15) is 0 Å². The van der Waals surface area contributed by atoms with Gasteiger partial charge in [-0.3, -0.25) is 0 Å². The molecule has 0 saturated heterocycles. The summed E-state index contributed by atoms with van der Waals surface area (Å²) in [6.07, 6.45) is 2.80. The summed E-state index contributed by atoms with van der Waals surface area (Å²) in [7, 11) is 0. The van der Waals surface area contributed by atoms with Crippen LogP contribution in [0.5, 0.6) is 11.5 Å². The van der Waals surface area contributed by atoms with Gasteiger partial charge in [0.2, 0.25) is 0 Å². The molecule has 1 heterocycles. The Morgan fingerprint density at radius 2 is 2.00 bits per heavy atom. The molecular weight excluding hydrogens is 374 g/mol. The van der Waals surface area contributed by atoms with Gasteiger partial charge in [-0.25, -0.2) is 0 Å². The van der Waals surface area contributed by atoms with E-state index in [1.165, 1.54) is 22.9 Å². The number of benzene rings is 2. The number of phenols is 2. The van der Waals surface area contributed by atoms with E-state index in [1.807, 2.05) is 6.26 Å². The smallest absolute Gasteiger partial charge is 0.171 e. The Kier molecular flexibility index (Phi) is 6.00. The van der Waals surface area contributed by atoms with E-state index in [9.17, 15) is 10.2 Å². The monoisotopic (exact) mass is 395 g/mol. The van der Waals surface area contributed by atoms with Crippen LogP contribution in [0.15, 0.2) is 35.2 Å². The standard InChI is InChI=1S/C18H21NO2S.BrH/c1-11-4-3-5-12(8-11)15-10-19-7-6-13-14(15)9-16(20)17(21)18(13)22-2;/h3-5,8-9,15,19-21H,6-7,10H2,1-2H3;1H. The number of halogens is 1. The summed E-state index contributed by atoms with van der Waals surface area (Å²) in [6.45, 7) is 3.82. The lowest BCUT2D eigenvalue weighted by molar-refractivity contribution is 0.393. The summed E-state index contributed by atoms with van der Waals surface area (Å²) in [5.41, 5.74) is 4.75. The second kappa shape index (κ2) is 7.60. The Morgan fingerprint density at radius 3 is 2.70 bits per heavy atom. The quantitative estimate of drug-likeness (QED) is 0.531. The minimum absolute atomic E-state index is 0. The van der Waals surface area contributed by atoms with Crippen LogP contribution in [-0.4, -0.2) is 29.6 Å². The Hall–Kier alpha value is -1.17. The van der Waals surface area contributed by atoms with Crippen LogP contribution in [0.25, 0.3) is 0 Å². The van der Waals surface area contributed by atoms with E-state index in [1.54, 1.807) is 6.07 Å². The number of thioether (sulfide) groups is 1. The molecule has 2 aromatic rings. The van der Waals surface area contributed by atoms with Crippen molar-refractivity contribution >= 4 is 28.7 Å². The molecule has 124 valence electrons. The van der Waals surface area contributed by atoms with Crippen molar-refractivity contribution in [1.29, 1.82) is 0 Å². The highest BCUT2D eigenvalue weighted by Gasteiger charge is 2.25. The lowest BCUT2D eigenvalue weighted by Crippen LogP contribution is -2.20. The van der Waals surface area contributed by atoms with Gasteiger partial charge < -0.3 is 15.5 Å². The highest BCUT2D eigenvalue weighted by atomic mass is 79.9. The van der Waals surface area contributed by atoms with Crippen LogP contribution in [0.2, 0.25) is 0 Å². The predicted molar refractivity (Wildman–Crippen MR) is 101 cm³/mol. The molecule has 0 radical (unpaired) electrons. The lowest BCUT2D eigenvalue weighted by Gasteiger charge is -2.21. The van der Waals surface area contributed by atoms with Crippen molar-refractivity contribution in [2.24, 2.45) is 0 Å². The number of aromatic hydroxyl groups is 2. The highest BCUT2D eigenvalue weighted by molar-refractivity contribution is 8.93. The minimum atomic E-state index is -0.0253. The second-order valence-electron chi connectivity index (χ2n) is 5.77. The molecule has 2 aromatic carbocycles. The van der Waals surface area contributed by atoms with Gasteiger partial charge in [0.05, 0.1) is 4.90 Å². The zero-order chi connectivity index (χ0) is 15.7. The van der Waals surface area contributed by atoms with Crippen molar-refractivity contribution in [3.8, 4) is 11.5 Å². The van der Waals surface area contributed by atoms with Crippen LogP contribution in [-0.2, 0) is 6.42 Å². The molecule has 0 fully saturated rings. The van der Waals surface area contributed by atoms with Gasteiger partial charge in [-0.1, -0.05) is 29.8 Å². The predicted octanol–water partition coefficient (Wildman–Crippen LogP) is 3.98. The van der Waals surface area contributed by atoms with E-state index in [4.69, 9.17) is 0 Å². The summed E-state index contributed by atoms with van der Waals surface area (Å²) >= 11 is 1.50. The first-order valence-corrected chi connectivity index (χ1v) is 8.73. The number of fused-ring (bicyclic) bond motifs is 1.